The first-order chi connectivity index (χ1) is 7.67. The largest absolute Gasteiger partial charge is 0.383 e. The number of hydrogen-bond donors (Lipinski definition) is 2. The smallest absolute Gasteiger partial charge is 0.224 e. The molecule has 1 heterocycles. The van der Waals surface area contributed by atoms with Gasteiger partial charge in [0.1, 0.15) is 0 Å². The zero-order chi connectivity index (χ0) is 12.0. The first-order valence-corrected chi connectivity index (χ1v) is 6.17. The van der Waals surface area contributed by atoms with Gasteiger partial charge in [-0.1, -0.05) is 13.8 Å². The fourth-order valence-corrected chi connectivity index (χ4v) is 2.14. The summed E-state index contributed by atoms with van der Waals surface area (Å²) in [5.74, 6) is 0.879. The van der Waals surface area contributed by atoms with E-state index in [9.17, 15) is 4.79 Å². The Morgan fingerprint density at radius 1 is 1.56 bits per heavy atom. The van der Waals surface area contributed by atoms with E-state index in [0.29, 0.717) is 12.5 Å². The summed E-state index contributed by atoms with van der Waals surface area (Å²) in [4.78, 5) is 12.0. The lowest BCUT2D eigenvalue weighted by Crippen LogP contribution is -2.47. The summed E-state index contributed by atoms with van der Waals surface area (Å²) in [6.45, 7) is 6.67. The number of rotatable bonds is 5. The van der Waals surface area contributed by atoms with Gasteiger partial charge in [-0.3, -0.25) is 4.79 Å². The van der Waals surface area contributed by atoms with Crippen molar-refractivity contribution in [3.8, 4) is 0 Å². The molecule has 4 heteroatoms. The van der Waals surface area contributed by atoms with Crippen molar-refractivity contribution < 1.29 is 9.53 Å². The Labute approximate surface area is 98.1 Å². The number of hydrogen-bond acceptors (Lipinski definition) is 3. The molecule has 0 aliphatic carbocycles. The van der Waals surface area contributed by atoms with E-state index in [-0.39, 0.29) is 17.9 Å². The number of methoxy groups -OCH3 is 1. The highest BCUT2D eigenvalue weighted by molar-refractivity contribution is 5.79. The Hall–Kier alpha value is -0.610. The molecule has 3 atom stereocenters. The van der Waals surface area contributed by atoms with Crippen LogP contribution < -0.4 is 10.6 Å². The molecule has 1 amide bonds. The number of carbonyl (C=O) groups excluding carboxylic acids is 1. The van der Waals surface area contributed by atoms with Gasteiger partial charge in [-0.25, -0.2) is 0 Å². The second-order valence-electron chi connectivity index (χ2n) is 4.77. The topological polar surface area (TPSA) is 50.4 Å². The number of nitrogens with one attached hydrogen (secondary N) is 2. The van der Waals surface area contributed by atoms with Crippen molar-refractivity contribution in [2.75, 3.05) is 26.8 Å². The Morgan fingerprint density at radius 2 is 2.31 bits per heavy atom. The highest BCUT2D eigenvalue weighted by Crippen LogP contribution is 2.16. The van der Waals surface area contributed by atoms with E-state index in [2.05, 4.69) is 24.5 Å². The number of carbonyl (C=O) groups is 1. The van der Waals surface area contributed by atoms with E-state index in [4.69, 9.17) is 4.74 Å². The first kappa shape index (κ1) is 13.5. The number of ether oxygens (including phenoxy) is 1. The maximum Gasteiger partial charge on any atom is 0.224 e. The van der Waals surface area contributed by atoms with Gasteiger partial charge in [0.25, 0.3) is 0 Å². The molecule has 0 spiro atoms. The number of piperidine rings is 1. The standard InChI is InChI=1S/C12H24N2O2/c1-4-11(8-16-3)14-12(15)10-5-9(2)6-13-7-10/h9-11,13H,4-8H2,1-3H3,(H,14,15). The molecule has 1 rings (SSSR count). The Bertz CT molecular complexity index is 221. The third kappa shape index (κ3) is 4.10. The summed E-state index contributed by atoms with van der Waals surface area (Å²) in [6.07, 6.45) is 1.90. The lowest BCUT2D eigenvalue weighted by Gasteiger charge is -2.28. The van der Waals surface area contributed by atoms with Crippen molar-refractivity contribution in [3.05, 3.63) is 0 Å². The molecule has 0 aromatic carbocycles. The van der Waals surface area contributed by atoms with Crippen molar-refractivity contribution in [3.63, 3.8) is 0 Å². The van der Waals surface area contributed by atoms with E-state index < -0.39 is 0 Å². The van der Waals surface area contributed by atoms with Crippen LogP contribution in [0.1, 0.15) is 26.7 Å². The van der Waals surface area contributed by atoms with E-state index in [1.54, 1.807) is 7.11 Å². The Kier molecular flexibility index (Phi) is 5.77. The SMILES string of the molecule is CCC(COC)NC(=O)C1CNCC(C)C1. The van der Waals surface area contributed by atoms with Crippen LogP contribution in [0.15, 0.2) is 0 Å². The molecule has 0 bridgehead atoms. The van der Waals surface area contributed by atoms with Crippen LogP contribution in [0.3, 0.4) is 0 Å². The predicted molar refractivity (Wildman–Crippen MR) is 64.2 cm³/mol. The minimum atomic E-state index is 0.120. The third-order valence-corrected chi connectivity index (χ3v) is 3.15. The molecule has 94 valence electrons. The number of amides is 1. The van der Waals surface area contributed by atoms with E-state index in [0.717, 1.165) is 25.9 Å². The summed E-state index contributed by atoms with van der Waals surface area (Å²) in [6, 6.07) is 0.148. The summed E-state index contributed by atoms with van der Waals surface area (Å²) < 4.78 is 5.07. The maximum atomic E-state index is 12.0. The Balaban J connectivity index is 2.37. The molecule has 1 saturated heterocycles. The summed E-state index contributed by atoms with van der Waals surface area (Å²) in [5, 5.41) is 6.35. The zero-order valence-corrected chi connectivity index (χ0v) is 10.6. The summed E-state index contributed by atoms with van der Waals surface area (Å²) in [5.41, 5.74) is 0. The van der Waals surface area contributed by atoms with Crippen molar-refractivity contribution in [2.45, 2.75) is 32.7 Å². The van der Waals surface area contributed by atoms with Crippen LogP contribution in [0.25, 0.3) is 0 Å². The fourth-order valence-electron chi connectivity index (χ4n) is 2.14. The fraction of sp³-hybridized carbons (Fsp3) is 0.917. The normalized spacial score (nSPS) is 27.4. The average molecular weight is 228 g/mol. The molecule has 0 aromatic heterocycles. The van der Waals surface area contributed by atoms with Gasteiger partial charge in [-0.05, 0) is 25.3 Å². The predicted octanol–water partition coefficient (Wildman–Crippen LogP) is 0.773. The molecule has 0 aromatic rings. The maximum absolute atomic E-state index is 12.0. The van der Waals surface area contributed by atoms with Gasteiger partial charge in [0.05, 0.1) is 18.6 Å². The average Bonchev–Trinajstić information content (AvgIpc) is 2.28. The van der Waals surface area contributed by atoms with Crippen LogP contribution in [0.2, 0.25) is 0 Å². The van der Waals surface area contributed by atoms with Crippen LogP contribution >= 0.6 is 0 Å². The molecule has 1 aliphatic rings. The van der Waals surface area contributed by atoms with Gasteiger partial charge in [-0.15, -0.1) is 0 Å². The first-order valence-electron chi connectivity index (χ1n) is 6.17. The van der Waals surface area contributed by atoms with Crippen LogP contribution in [-0.4, -0.2) is 38.8 Å². The lowest BCUT2D eigenvalue weighted by molar-refractivity contribution is -0.127. The van der Waals surface area contributed by atoms with Crippen molar-refractivity contribution in [1.29, 1.82) is 0 Å². The minimum Gasteiger partial charge on any atom is -0.383 e. The molecule has 2 N–H and O–H groups in total. The van der Waals surface area contributed by atoms with Gasteiger partial charge in [-0.2, -0.15) is 0 Å². The Morgan fingerprint density at radius 3 is 2.88 bits per heavy atom. The molecule has 0 saturated carbocycles. The van der Waals surface area contributed by atoms with Gasteiger partial charge in [0, 0.05) is 13.7 Å². The van der Waals surface area contributed by atoms with Gasteiger partial charge in [0.2, 0.25) is 5.91 Å². The second kappa shape index (κ2) is 6.86. The van der Waals surface area contributed by atoms with Gasteiger partial charge in [0.15, 0.2) is 0 Å². The highest BCUT2D eigenvalue weighted by atomic mass is 16.5. The molecule has 16 heavy (non-hydrogen) atoms. The molecule has 4 nitrogen and oxygen atoms in total. The molecule has 1 aliphatic heterocycles. The van der Waals surface area contributed by atoms with Crippen LogP contribution in [0.5, 0.6) is 0 Å². The van der Waals surface area contributed by atoms with E-state index >= 15 is 0 Å². The molecular weight excluding hydrogens is 204 g/mol. The third-order valence-electron chi connectivity index (χ3n) is 3.15. The van der Waals surface area contributed by atoms with E-state index in [1.165, 1.54) is 0 Å². The van der Waals surface area contributed by atoms with Crippen molar-refractivity contribution >= 4 is 5.91 Å². The van der Waals surface area contributed by atoms with Crippen molar-refractivity contribution in [1.82, 2.24) is 10.6 Å². The monoisotopic (exact) mass is 228 g/mol. The van der Waals surface area contributed by atoms with Crippen LogP contribution in [0.4, 0.5) is 0 Å². The molecule has 1 fully saturated rings. The van der Waals surface area contributed by atoms with Gasteiger partial charge < -0.3 is 15.4 Å². The lowest BCUT2D eigenvalue weighted by atomic mass is 9.91. The van der Waals surface area contributed by atoms with Crippen LogP contribution in [0, 0.1) is 11.8 Å². The summed E-state index contributed by atoms with van der Waals surface area (Å²) in [7, 11) is 1.67. The van der Waals surface area contributed by atoms with Crippen molar-refractivity contribution in [2.24, 2.45) is 11.8 Å². The van der Waals surface area contributed by atoms with Gasteiger partial charge >= 0.3 is 0 Å². The molecule has 0 radical (unpaired) electrons. The minimum absolute atomic E-state index is 0.120. The molecule has 3 unspecified atom stereocenters. The quantitative estimate of drug-likeness (QED) is 0.731. The zero-order valence-electron chi connectivity index (χ0n) is 10.6. The second-order valence-corrected chi connectivity index (χ2v) is 4.77. The highest BCUT2D eigenvalue weighted by Gasteiger charge is 2.25. The van der Waals surface area contributed by atoms with Crippen LogP contribution in [-0.2, 0) is 9.53 Å². The molecular formula is C12H24N2O2. The van der Waals surface area contributed by atoms with E-state index in [1.807, 2.05) is 0 Å². The summed E-state index contributed by atoms with van der Waals surface area (Å²) >= 11 is 0.